The average Bonchev–Trinajstić information content (AvgIpc) is 3.12. The van der Waals surface area contributed by atoms with E-state index in [2.05, 4.69) is 70.9 Å². The van der Waals surface area contributed by atoms with Crippen molar-refractivity contribution in [3.63, 3.8) is 0 Å². The molecule has 6 atom stereocenters. The Bertz CT molecular complexity index is 1020. The smallest absolute Gasteiger partial charge is 0.166 e. The van der Waals surface area contributed by atoms with Crippen molar-refractivity contribution in [3.05, 3.63) is 35.4 Å². The summed E-state index contributed by atoms with van der Waals surface area (Å²) in [5.41, 5.74) is 2.66. The fourth-order valence-electron chi connectivity index (χ4n) is 8.55. The van der Waals surface area contributed by atoms with E-state index >= 15 is 0 Å². The van der Waals surface area contributed by atoms with Gasteiger partial charge in [-0.2, -0.15) is 0 Å². The SMILES string of the molecule is COc1ccc2c3c1O[C@H]1[C@@]4(OC)C=C[C@@]5(C[C@@H]4C(C)(C)C(C)(C)C)[C@@H](C2)N(C)CC[C@]315. The van der Waals surface area contributed by atoms with E-state index in [1.165, 1.54) is 11.1 Å². The van der Waals surface area contributed by atoms with Crippen LogP contribution in [0.15, 0.2) is 24.3 Å². The number of likely N-dealkylation sites (tertiary alicyclic amines) is 1. The Kier molecular flexibility index (Phi) is 3.90. The number of rotatable bonds is 3. The first-order valence-electron chi connectivity index (χ1n) is 12.3. The molecule has 0 radical (unpaired) electrons. The summed E-state index contributed by atoms with van der Waals surface area (Å²) in [4.78, 5) is 2.63. The summed E-state index contributed by atoms with van der Waals surface area (Å²) in [7, 11) is 6.00. The molecule has 0 N–H and O–H groups in total. The number of fused-ring (bicyclic) bond motifs is 1. The van der Waals surface area contributed by atoms with Gasteiger partial charge in [-0.3, -0.25) is 0 Å². The molecule has 7 rings (SSSR count). The summed E-state index contributed by atoms with van der Waals surface area (Å²) in [6.45, 7) is 13.2. The first-order valence-corrected chi connectivity index (χ1v) is 12.3. The van der Waals surface area contributed by atoms with E-state index in [1.807, 2.05) is 7.11 Å². The highest BCUT2D eigenvalue weighted by Crippen LogP contribution is 2.76. The maximum Gasteiger partial charge on any atom is 0.166 e. The van der Waals surface area contributed by atoms with Crippen LogP contribution in [0.1, 0.15) is 58.6 Å². The van der Waals surface area contributed by atoms with Gasteiger partial charge in [0.25, 0.3) is 0 Å². The Balaban J connectivity index is 1.67. The molecule has 2 fully saturated rings. The molecule has 0 unspecified atom stereocenters. The summed E-state index contributed by atoms with van der Waals surface area (Å²) in [5.74, 6) is 2.22. The summed E-state index contributed by atoms with van der Waals surface area (Å²) in [6, 6.07) is 4.90. The molecule has 0 aromatic heterocycles. The third-order valence-electron chi connectivity index (χ3n) is 11.1. The van der Waals surface area contributed by atoms with Gasteiger partial charge in [0.15, 0.2) is 11.5 Å². The third kappa shape index (κ3) is 1.97. The lowest BCUT2D eigenvalue weighted by Crippen LogP contribution is -2.80. The van der Waals surface area contributed by atoms with Crippen LogP contribution in [-0.4, -0.2) is 50.5 Å². The molecular weight excluding hydrogens is 398 g/mol. The minimum atomic E-state index is -0.447. The van der Waals surface area contributed by atoms with Crippen LogP contribution in [0.2, 0.25) is 0 Å². The second-order valence-electron chi connectivity index (χ2n) is 12.7. The molecule has 2 aliphatic heterocycles. The quantitative estimate of drug-likeness (QED) is 0.624. The molecule has 1 saturated carbocycles. The zero-order valence-electron chi connectivity index (χ0n) is 21.0. The highest BCUT2D eigenvalue weighted by Gasteiger charge is 2.80. The number of nitrogens with zero attached hydrogens (tertiary/aromatic N) is 1. The van der Waals surface area contributed by atoms with Gasteiger partial charge < -0.3 is 19.1 Å². The maximum atomic E-state index is 7.08. The standard InChI is InChI=1S/C28H39NO3/c1-24(2,3)25(4,5)19-16-26-11-12-28(19,31-8)23-27(26)13-14-29(6)20(26)15-17-9-10-18(30-7)22(32-23)21(17)27/h9-12,19-20,23H,13-16H2,1-8H3/t19-,20-,23-,26-,27+,28-/m1/s1. The van der Waals surface area contributed by atoms with Crippen molar-refractivity contribution in [1.29, 1.82) is 0 Å². The van der Waals surface area contributed by atoms with Crippen molar-refractivity contribution < 1.29 is 14.2 Å². The molecule has 1 aromatic carbocycles. The van der Waals surface area contributed by atoms with Crippen LogP contribution in [0.25, 0.3) is 0 Å². The molecule has 4 aliphatic carbocycles. The molecule has 6 aliphatic rings. The molecule has 32 heavy (non-hydrogen) atoms. The van der Waals surface area contributed by atoms with E-state index in [9.17, 15) is 0 Å². The van der Waals surface area contributed by atoms with Gasteiger partial charge in [-0.1, -0.05) is 52.8 Å². The Morgan fingerprint density at radius 1 is 1.09 bits per heavy atom. The van der Waals surface area contributed by atoms with Crippen LogP contribution in [0, 0.1) is 22.2 Å². The summed E-state index contributed by atoms with van der Waals surface area (Å²) in [5, 5.41) is 0. The number of hydrogen-bond acceptors (Lipinski definition) is 4. The topological polar surface area (TPSA) is 30.9 Å². The second kappa shape index (κ2) is 5.93. The van der Waals surface area contributed by atoms with Gasteiger partial charge in [0.2, 0.25) is 0 Å². The van der Waals surface area contributed by atoms with Gasteiger partial charge in [-0.15, -0.1) is 0 Å². The molecule has 1 aromatic rings. The molecule has 1 saturated heterocycles. The van der Waals surface area contributed by atoms with Crippen molar-refractivity contribution in [3.8, 4) is 11.5 Å². The highest BCUT2D eigenvalue weighted by molar-refractivity contribution is 5.65. The maximum absolute atomic E-state index is 7.08. The highest BCUT2D eigenvalue weighted by atomic mass is 16.6. The minimum Gasteiger partial charge on any atom is -0.493 e. The molecular formula is C28H39NO3. The first-order chi connectivity index (χ1) is 15.0. The summed E-state index contributed by atoms with van der Waals surface area (Å²) >= 11 is 0. The van der Waals surface area contributed by atoms with Gasteiger partial charge in [-0.25, -0.2) is 0 Å². The lowest BCUT2D eigenvalue weighted by atomic mass is 9.34. The van der Waals surface area contributed by atoms with Crippen molar-refractivity contribution >= 4 is 0 Å². The molecule has 4 heteroatoms. The Morgan fingerprint density at radius 2 is 1.84 bits per heavy atom. The van der Waals surface area contributed by atoms with E-state index < -0.39 is 5.60 Å². The van der Waals surface area contributed by atoms with E-state index in [0.717, 1.165) is 37.3 Å². The Labute approximate surface area is 193 Å². The predicted molar refractivity (Wildman–Crippen MR) is 126 cm³/mol. The minimum absolute atomic E-state index is 0.0214. The van der Waals surface area contributed by atoms with Crippen molar-refractivity contribution in [2.75, 3.05) is 27.8 Å². The largest absolute Gasteiger partial charge is 0.493 e. The number of piperidine rings is 1. The van der Waals surface area contributed by atoms with Gasteiger partial charge in [-0.05, 0) is 55.3 Å². The van der Waals surface area contributed by atoms with Gasteiger partial charge in [0.1, 0.15) is 11.7 Å². The van der Waals surface area contributed by atoms with Gasteiger partial charge >= 0.3 is 0 Å². The van der Waals surface area contributed by atoms with Crippen LogP contribution >= 0.6 is 0 Å². The van der Waals surface area contributed by atoms with E-state index in [4.69, 9.17) is 14.2 Å². The lowest BCUT2D eigenvalue weighted by molar-refractivity contribution is -0.243. The molecule has 2 heterocycles. The van der Waals surface area contributed by atoms with Crippen LogP contribution in [-0.2, 0) is 16.6 Å². The number of benzene rings is 1. The number of ether oxygens (including phenoxy) is 3. The van der Waals surface area contributed by atoms with E-state index in [0.29, 0.717) is 12.0 Å². The fraction of sp³-hybridized carbons (Fsp3) is 0.714. The lowest BCUT2D eigenvalue weighted by Gasteiger charge is -2.73. The predicted octanol–water partition coefficient (Wildman–Crippen LogP) is 4.99. The van der Waals surface area contributed by atoms with Crippen molar-refractivity contribution in [1.82, 2.24) is 4.90 Å². The zero-order chi connectivity index (χ0) is 22.9. The van der Waals surface area contributed by atoms with Crippen LogP contribution in [0.4, 0.5) is 0 Å². The average molecular weight is 438 g/mol. The van der Waals surface area contributed by atoms with Crippen molar-refractivity contribution in [2.24, 2.45) is 22.2 Å². The zero-order valence-corrected chi connectivity index (χ0v) is 21.0. The first kappa shape index (κ1) is 21.0. The van der Waals surface area contributed by atoms with E-state index in [-0.39, 0.29) is 27.8 Å². The summed E-state index contributed by atoms with van der Waals surface area (Å²) in [6.07, 6.45) is 8.30. The molecule has 2 spiro atoms. The molecule has 0 amide bonds. The van der Waals surface area contributed by atoms with Gasteiger partial charge in [0, 0.05) is 30.0 Å². The van der Waals surface area contributed by atoms with Crippen LogP contribution < -0.4 is 9.47 Å². The monoisotopic (exact) mass is 437 g/mol. The van der Waals surface area contributed by atoms with Crippen LogP contribution in [0.3, 0.4) is 0 Å². The van der Waals surface area contributed by atoms with Crippen LogP contribution in [0.5, 0.6) is 11.5 Å². The van der Waals surface area contributed by atoms with Crippen molar-refractivity contribution in [2.45, 2.75) is 77.0 Å². The Morgan fingerprint density at radius 3 is 2.50 bits per heavy atom. The number of methoxy groups -OCH3 is 2. The van der Waals surface area contributed by atoms with Gasteiger partial charge in [0.05, 0.1) is 12.5 Å². The second-order valence-corrected chi connectivity index (χ2v) is 12.7. The molecule has 174 valence electrons. The molecule has 4 bridgehead atoms. The number of hydrogen-bond donors (Lipinski definition) is 0. The number of likely N-dealkylation sites (N-methyl/N-ethyl adjacent to an activating group) is 1. The normalized spacial score (nSPS) is 41.4. The molecule has 4 nitrogen and oxygen atoms in total. The summed E-state index contributed by atoms with van der Waals surface area (Å²) < 4.78 is 19.6. The van der Waals surface area contributed by atoms with E-state index in [1.54, 1.807) is 7.11 Å². The third-order valence-corrected chi connectivity index (χ3v) is 11.1. The fourth-order valence-corrected chi connectivity index (χ4v) is 8.55. The Hall–Kier alpha value is -1.52.